The molecule has 0 radical (unpaired) electrons. The van der Waals surface area contributed by atoms with Gasteiger partial charge < -0.3 is 5.11 Å². The van der Waals surface area contributed by atoms with Crippen LogP contribution in [0.15, 0.2) is 0 Å². The van der Waals surface area contributed by atoms with Crippen molar-refractivity contribution in [2.75, 3.05) is 11.5 Å². The van der Waals surface area contributed by atoms with Crippen LogP contribution in [-0.4, -0.2) is 31.0 Å². The first kappa shape index (κ1) is 14.8. The Kier molecular flexibility index (Phi) is 4.54. The number of rotatable bonds is 7. The van der Waals surface area contributed by atoms with E-state index in [2.05, 4.69) is 0 Å². The van der Waals surface area contributed by atoms with Gasteiger partial charge in [0.25, 0.3) is 0 Å². The molecule has 0 aliphatic heterocycles. The molecule has 0 amide bonds. The van der Waals surface area contributed by atoms with Crippen LogP contribution in [0.25, 0.3) is 0 Å². The van der Waals surface area contributed by atoms with Gasteiger partial charge in [-0.05, 0) is 30.6 Å². The highest BCUT2D eigenvalue weighted by atomic mass is 32.2. The summed E-state index contributed by atoms with van der Waals surface area (Å²) in [7, 11) is -3.09. The predicted molar refractivity (Wildman–Crippen MR) is 73.8 cm³/mol. The molecule has 5 heteroatoms. The van der Waals surface area contributed by atoms with Crippen LogP contribution >= 0.6 is 0 Å². The average molecular weight is 288 g/mol. The Bertz CT molecular complexity index is 417. The van der Waals surface area contributed by atoms with E-state index in [0.717, 1.165) is 32.1 Å². The first-order valence-electron chi connectivity index (χ1n) is 7.33. The maximum atomic E-state index is 12.1. The average Bonchev–Trinajstić information content (AvgIpc) is 3.05. The molecule has 1 N–H and O–H groups in total. The summed E-state index contributed by atoms with van der Waals surface area (Å²) in [6, 6.07) is 0. The van der Waals surface area contributed by atoms with Gasteiger partial charge >= 0.3 is 5.97 Å². The van der Waals surface area contributed by atoms with Crippen molar-refractivity contribution in [3.8, 4) is 0 Å². The molecule has 0 bridgehead atoms. The Labute approximate surface area is 115 Å². The zero-order valence-corrected chi connectivity index (χ0v) is 12.3. The Morgan fingerprint density at radius 1 is 1.16 bits per heavy atom. The number of aliphatic carboxylic acids is 1. The number of carbonyl (C=O) groups is 1. The van der Waals surface area contributed by atoms with Gasteiger partial charge in [-0.1, -0.05) is 32.1 Å². The molecule has 2 rings (SSSR count). The van der Waals surface area contributed by atoms with E-state index in [1.54, 1.807) is 0 Å². The van der Waals surface area contributed by atoms with Crippen LogP contribution in [0.3, 0.4) is 0 Å². The van der Waals surface area contributed by atoms with E-state index < -0.39 is 21.2 Å². The molecule has 2 fully saturated rings. The third-order valence-electron chi connectivity index (χ3n) is 4.57. The van der Waals surface area contributed by atoms with E-state index in [4.69, 9.17) is 5.11 Å². The van der Waals surface area contributed by atoms with E-state index in [9.17, 15) is 13.2 Å². The molecule has 0 heterocycles. The number of hydrogen-bond acceptors (Lipinski definition) is 3. The lowest BCUT2D eigenvalue weighted by Gasteiger charge is -2.21. The SMILES string of the molecule is O=C(O)CC1(CS(=O)(=O)CCC2CCCCC2)CC1. The fourth-order valence-electron chi connectivity index (χ4n) is 3.23. The molecule has 110 valence electrons. The molecular weight excluding hydrogens is 264 g/mol. The van der Waals surface area contributed by atoms with Gasteiger partial charge in [-0.2, -0.15) is 0 Å². The van der Waals surface area contributed by atoms with E-state index in [1.165, 1.54) is 19.3 Å². The summed E-state index contributed by atoms with van der Waals surface area (Å²) < 4.78 is 24.2. The maximum Gasteiger partial charge on any atom is 0.303 e. The van der Waals surface area contributed by atoms with Crippen molar-refractivity contribution >= 4 is 15.8 Å². The molecule has 2 aliphatic rings. The summed E-state index contributed by atoms with van der Waals surface area (Å²) in [5.41, 5.74) is -0.433. The van der Waals surface area contributed by atoms with Crippen LogP contribution in [0.4, 0.5) is 0 Å². The molecule has 2 saturated carbocycles. The number of hydrogen-bond donors (Lipinski definition) is 1. The quantitative estimate of drug-likeness (QED) is 0.781. The van der Waals surface area contributed by atoms with Crippen molar-refractivity contribution in [1.29, 1.82) is 0 Å². The largest absolute Gasteiger partial charge is 0.481 e. The van der Waals surface area contributed by atoms with Crippen molar-refractivity contribution in [3.63, 3.8) is 0 Å². The van der Waals surface area contributed by atoms with Gasteiger partial charge in [0, 0.05) is 0 Å². The van der Waals surface area contributed by atoms with Crippen molar-refractivity contribution in [2.24, 2.45) is 11.3 Å². The highest BCUT2D eigenvalue weighted by Crippen LogP contribution is 2.50. The van der Waals surface area contributed by atoms with E-state index >= 15 is 0 Å². The molecule has 19 heavy (non-hydrogen) atoms. The molecule has 0 aromatic carbocycles. The Morgan fingerprint density at radius 3 is 2.32 bits per heavy atom. The molecule has 0 aromatic rings. The molecular formula is C14H24O4S. The molecule has 0 aromatic heterocycles. The first-order chi connectivity index (χ1) is 8.91. The van der Waals surface area contributed by atoms with E-state index in [-0.39, 0.29) is 17.9 Å². The lowest BCUT2D eigenvalue weighted by atomic mass is 9.88. The van der Waals surface area contributed by atoms with Crippen LogP contribution in [0.1, 0.15) is 57.8 Å². The van der Waals surface area contributed by atoms with Gasteiger partial charge in [0.1, 0.15) is 0 Å². The third-order valence-corrected chi connectivity index (χ3v) is 6.48. The smallest absolute Gasteiger partial charge is 0.303 e. The lowest BCUT2D eigenvalue weighted by Crippen LogP contribution is -2.24. The summed E-state index contributed by atoms with van der Waals surface area (Å²) in [4.78, 5) is 10.8. The Hall–Kier alpha value is -0.580. The fourth-order valence-corrected chi connectivity index (χ4v) is 5.39. The predicted octanol–water partition coefficient (Wildman–Crippen LogP) is 2.63. The molecule has 0 atom stereocenters. The standard InChI is InChI=1S/C14H24O4S/c15-13(16)10-14(7-8-14)11-19(17,18)9-6-12-4-2-1-3-5-12/h12H,1-11H2,(H,15,16). The minimum atomic E-state index is -3.09. The zero-order valence-electron chi connectivity index (χ0n) is 11.4. The summed E-state index contributed by atoms with van der Waals surface area (Å²) >= 11 is 0. The highest BCUT2D eigenvalue weighted by Gasteiger charge is 2.47. The maximum absolute atomic E-state index is 12.1. The zero-order chi connectivity index (χ0) is 13.9. The van der Waals surface area contributed by atoms with E-state index in [0.29, 0.717) is 5.92 Å². The molecule has 0 unspecified atom stereocenters. The highest BCUT2D eigenvalue weighted by molar-refractivity contribution is 7.91. The van der Waals surface area contributed by atoms with Crippen molar-refractivity contribution < 1.29 is 18.3 Å². The minimum absolute atomic E-state index is 0.00958. The third kappa shape index (κ3) is 4.79. The summed E-state index contributed by atoms with van der Waals surface area (Å²) in [5, 5.41) is 8.82. The normalized spacial score (nSPS) is 23.2. The van der Waals surface area contributed by atoms with Crippen molar-refractivity contribution in [2.45, 2.75) is 57.8 Å². The molecule has 2 aliphatic carbocycles. The number of carboxylic acids is 1. The number of sulfone groups is 1. The van der Waals surface area contributed by atoms with Crippen molar-refractivity contribution in [1.82, 2.24) is 0 Å². The second kappa shape index (κ2) is 5.81. The summed E-state index contributed by atoms with van der Waals surface area (Å²) in [6.45, 7) is 0. The topological polar surface area (TPSA) is 71.4 Å². The van der Waals surface area contributed by atoms with Crippen LogP contribution < -0.4 is 0 Å². The Morgan fingerprint density at radius 2 is 1.79 bits per heavy atom. The molecule has 0 saturated heterocycles. The lowest BCUT2D eigenvalue weighted by molar-refractivity contribution is -0.138. The van der Waals surface area contributed by atoms with Gasteiger partial charge in [0.15, 0.2) is 9.84 Å². The van der Waals surface area contributed by atoms with Gasteiger partial charge in [-0.15, -0.1) is 0 Å². The first-order valence-corrected chi connectivity index (χ1v) is 9.15. The minimum Gasteiger partial charge on any atom is -0.481 e. The van der Waals surface area contributed by atoms with Crippen LogP contribution in [0.2, 0.25) is 0 Å². The van der Waals surface area contributed by atoms with Crippen LogP contribution in [-0.2, 0) is 14.6 Å². The Balaban J connectivity index is 1.80. The van der Waals surface area contributed by atoms with Gasteiger partial charge in [0.05, 0.1) is 17.9 Å². The van der Waals surface area contributed by atoms with Crippen LogP contribution in [0, 0.1) is 11.3 Å². The second-order valence-electron chi connectivity index (χ2n) is 6.46. The van der Waals surface area contributed by atoms with Gasteiger partial charge in [-0.3, -0.25) is 4.79 Å². The summed E-state index contributed by atoms with van der Waals surface area (Å²) in [5.74, 6) is 0.0241. The van der Waals surface area contributed by atoms with Gasteiger partial charge in [-0.25, -0.2) is 8.42 Å². The van der Waals surface area contributed by atoms with Crippen LogP contribution in [0.5, 0.6) is 0 Å². The monoisotopic (exact) mass is 288 g/mol. The summed E-state index contributed by atoms with van der Waals surface area (Å²) in [6.07, 6.45) is 8.35. The van der Waals surface area contributed by atoms with E-state index in [1.807, 2.05) is 0 Å². The molecule has 0 spiro atoms. The molecule has 4 nitrogen and oxygen atoms in total. The fraction of sp³-hybridized carbons (Fsp3) is 0.929. The number of carboxylic acid groups (broad SMARTS) is 1. The second-order valence-corrected chi connectivity index (χ2v) is 8.64. The van der Waals surface area contributed by atoms with Gasteiger partial charge in [0.2, 0.25) is 0 Å². The van der Waals surface area contributed by atoms with Crippen molar-refractivity contribution in [3.05, 3.63) is 0 Å².